The van der Waals surface area contributed by atoms with E-state index in [1.807, 2.05) is 0 Å². The van der Waals surface area contributed by atoms with E-state index in [0.717, 1.165) is 0 Å². The van der Waals surface area contributed by atoms with Crippen LogP contribution in [0, 0.1) is 0 Å². The molecule has 72 valence electrons. The van der Waals surface area contributed by atoms with Gasteiger partial charge in [-0.3, -0.25) is 0 Å². The van der Waals surface area contributed by atoms with Gasteiger partial charge in [0, 0.05) is 12.9 Å². The van der Waals surface area contributed by atoms with Gasteiger partial charge in [0.25, 0.3) is 0 Å². The molecule has 4 heteroatoms. The van der Waals surface area contributed by atoms with Crippen molar-refractivity contribution >= 4 is 17.6 Å². The van der Waals surface area contributed by atoms with Gasteiger partial charge in [0.15, 0.2) is 0 Å². The minimum absolute atomic E-state index is 0.266. The van der Waals surface area contributed by atoms with E-state index in [1.54, 1.807) is 24.3 Å². The minimum atomic E-state index is -0.925. The number of halogens is 1. The molecule has 1 aromatic carbocycles. The van der Waals surface area contributed by atoms with Crippen molar-refractivity contribution in [2.75, 3.05) is 6.38 Å². The Balaban J connectivity index is 0.000000671. The molecule has 13 heavy (non-hydrogen) atoms. The van der Waals surface area contributed by atoms with E-state index >= 15 is 0 Å². The first-order chi connectivity index (χ1) is 6.25. The van der Waals surface area contributed by atoms with E-state index in [-0.39, 0.29) is 12.1 Å². The summed E-state index contributed by atoms with van der Waals surface area (Å²) in [5.41, 5.74) is 6.28. The Morgan fingerprint density at radius 3 is 2.38 bits per heavy atom. The lowest BCUT2D eigenvalue weighted by atomic mass is 10.1. The van der Waals surface area contributed by atoms with Crippen LogP contribution in [-0.4, -0.2) is 17.5 Å². The molecule has 3 nitrogen and oxygen atoms in total. The summed E-state index contributed by atoms with van der Waals surface area (Å²) in [4.78, 5) is 10.5. The van der Waals surface area contributed by atoms with Crippen molar-refractivity contribution in [3.8, 4) is 0 Å². The number of hydrogen-bond donors (Lipinski definition) is 2. The Morgan fingerprint density at radius 1 is 1.46 bits per heavy atom. The monoisotopic (exact) mass is 201 g/mol. The predicted octanol–water partition coefficient (Wildman–Crippen LogP) is 1.70. The van der Waals surface area contributed by atoms with Gasteiger partial charge in [0.2, 0.25) is 0 Å². The molecule has 1 aromatic rings. The molecule has 3 N–H and O–H groups in total. The van der Waals surface area contributed by atoms with Crippen molar-refractivity contribution in [2.45, 2.75) is 6.54 Å². The van der Waals surface area contributed by atoms with Crippen LogP contribution in [0.15, 0.2) is 24.3 Å². The van der Waals surface area contributed by atoms with Gasteiger partial charge < -0.3 is 10.8 Å². The van der Waals surface area contributed by atoms with Crippen molar-refractivity contribution in [3.05, 3.63) is 35.4 Å². The maximum absolute atomic E-state index is 10.5. The maximum Gasteiger partial charge on any atom is 0.336 e. The highest BCUT2D eigenvalue weighted by Crippen LogP contribution is 2.06. The molecule has 0 aliphatic carbocycles. The maximum atomic E-state index is 10.5. The van der Waals surface area contributed by atoms with E-state index in [9.17, 15) is 4.79 Å². The molecule has 0 saturated heterocycles. The van der Waals surface area contributed by atoms with Crippen LogP contribution < -0.4 is 5.73 Å². The van der Waals surface area contributed by atoms with Gasteiger partial charge in [-0.25, -0.2) is 4.79 Å². The quantitative estimate of drug-likeness (QED) is 0.716. The summed E-state index contributed by atoms with van der Waals surface area (Å²) in [5, 5.41) is 8.64. The SMILES string of the molecule is CCl.NCc1ccccc1C(=O)O. The number of rotatable bonds is 2. The van der Waals surface area contributed by atoms with Crippen molar-refractivity contribution in [2.24, 2.45) is 5.73 Å². The average molecular weight is 202 g/mol. The predicted molar refractivity (Wildman–Crippen MR) is 53.1 cm³/mol. The average Bonchev–Trinajstić information content (AvgIpc) is 2.20. The van der Waals surface area contributed by atoms with Crippen molar-refractivity contribution < 1.29 is 9.90 Å². The van der Waals surface area contributed by atoms with Crippen LogP contribution in [0.5, 0.6) is 0 Å². The van der Waals surface area contributed by atoms with Crippen LogP contribution in [-0.2, 0) is 6.54 Å². The Bertz CT molecular complexity index is 276. The van der Waals surface area contributed by atoms with Gasteiger partial charge in [0.1, 0.15) is 0 Å². The Morgan fingerprint density at radius 2 is 2.00 bits per heavy atom. The topological polar surface area (TPSA) is 63.3 Å². The summed E-state index contributed by atoms with van der Waals surface area (Å²) in [6, 6.07) is 6.71. The van der Waals surface area contributed by atoms with E-state index in [2.05, 4.69) is 11.6 Å². The third-order valence-electron chi connectivity index (χ3n) is 1.47. The second-order valence-corrected chi connectivity index (χ2v) is 2.17. The Labute approximate surface area is 82.1 Å². The van der Waals surface area contributed by atoms with Crippen LogP contribution in [0.3, 0.4) is 0 Å². The summed E-state index contributed by atoms with van der Waals surface area (Å²) in [7, 11) is 0. The van der Waals surface area contributed by atoms with Crippen molar-refractivity contribution in [3.63, 3.8) is 0 Å². The first-order valence-corrected chi connectivity index (χ1v) is 4.40. The molecule has 0 aromatic heterocycles. The summed E-state index contributed by atoms with van der Waals surface area (Å²) in [6.45, 7) is 0.266. The molecule has 0 spiro atoms. The van der Waals surface area contributed by atoms with Crippen molar-refractivity contribution in [1.29, 1.82) is 0 Å². The molecule has 0 amide bonds. The fraction of sp³-hybridized carbons (Fsp3) is 0.222. The number of carboxylic acid groups (broad SMARTS) is 1. The normalized spacial score (nSPS) is 8.54. The number of alkyl halides is 1. The molecule has 1 rings (SSSR count). The van der Waals surface area contributed by atoms with Crippen LogP contribution >= 0.6 is 11.6 Å². The smallest absolute Gasteiger partial charge is 0.336 e. The number of carbonyl (C=O) groups is 1. The largest absolute Gasteiger partial charge is 0.478 e. The Hall–Kier alpha value is -1.06. The van der Waals surface area contributed by atoms with Crippen LogP contribution in [0.1, 0.15) is 15.9 Å². The zero-order valence-electron chi connectivity index (χ0n) is 7.33. The minimum Gasteiger partial charge on any atom is -0.478 e. The van der Waals surface area contributed by atoms with Gasteiger partial charge in [-0.1, -0.05) is 18.2 Å². The standard InChI is InChI=1S/C8H9NO2.CH3Cl/c9-5-6-3-1-2-4-7(6)8(10)11;1-2/h1-4H,5,9H2,(H,10,11);1H3. The lowest BCUT2D eigenvalue weighted by Gasteiger charge is -2.00. The molecular formula is C9H12ClNO2. The second kappa shape index (κ2) is 6.46. The van der Waals surface area contributed by atoms with Crippen LogP contribution in [0.2, 0.25) is 0 Å². The van der Waals surface area contributed by atoms with E-state index < -0.39 is 5.97 Å². The molecule has 0 bridgehead atoms. The third-order valence-corrected chi connectivity index (χ3v) is 1.47. The fourth-order valence-electron chi connectivity index (χ4n) is 0.907. The lowest BCUT2D eigenvalue weighted by molar-refractivity contribution is 0.0695. The van der Waals surface area contributed by atoms with Crippen molar-refractivity contribution in [1.82, 2.24) is 0 Å². The molecule has 0 radical (unpaired) electrons. The third kappa shape index (κ3) is 3.44. The summed E-state index contributed by atoms with van der Waals surface area (Å²) in [6.07, 6.45) is 1.47. The van der Waals surface area contributed by atoms with Crippen LogP contribution in [0.4, 0.5) is 0 Å². The molecule has 0 aliphatic rings. The highest BCUT2D eigenvalue weighted by molar-refractivity contribution is 6.15. The number of nitrogens with two attached hydrogens (primary N) is 1. The highest BCUT2D eigenvalue weighted by atomic mass is 35.5. The first-order valence-electron chi connectivity index (χ1n) is 3.64. The lowest BCUT2D eigenvalue weighted by Crippen LogP contribution is -2.05. The van der Waals surface area contributed by atoms with Gasteiger partial charge >= 0.3 is 5.97 Å². The zero-order chi connectivity index (χ0) is 10.3. The Kier molecular flexibility index (Phi) is 5.93. The van der Waals surface area contributed by atoms with Gasteiger partial charge in [0.05, 0.1) is 5.56 Å². The molecule has 0 saturated carbocycles. The highest BCUT2D eigenvalue weighted by Gasteiger charge is 2.05. The molecule has 0 unspecified atom stereocenters. The summed E-state index contributed by atoms with van der Waals surface area (Å²) >= 11 is 4.64. The van der Waals surface area contributed by atoms with Gasteiger partial charge in [-0.15, -0.1) is 11.6 Å². The van der Waals surface area contributed by atoms with Crippen LogP contribution in [0.25, 0.3) is 0 Å². The number of benzene rings is 1. The summed E-state index contributed by atoms with van der Waals surface area (Å²) < 4.78 is 0. The molecule has 0 fully saturated rings. The number of aromatic carboxylic acids is 1. The molecule has 0 aliphatic heterocycles. The fourth-order valence-corrected chi connectivity index (χ4v) is 0.907. The molecular weight excluding hydrogens is 190 g/mol. The second-order valence-electron chi connectivity index (χ2n) is 2.17. The van der Waals surface area contributed by atoms with E-state index in [0.29, 0.717) is 5.56 Å². The molecule has 0 heterocycles. The number of carboxylic acids is 1. The summed E-state index contributed by atoms with van der Waals surface area (Å²) in [5.74, 6) is -0.925. The van der Waals surface area contributed by atoms with Gasteiger partial charge in [-0.05, 0) is 11.6 Å². The zero-order valence-corrected chi connectivity index (χ0v) is 8.08. The van der Waals surface area contributed by atoms with E-state index in [4.69, 9.17) is 10.8 Å². The first kappa shape index (κ1) is 11.9. The molecule has 0 atom stereocenters. The van der Waals surface area contributed by atoms with Gasteiger partial charge in [-0.2, -0.15) is 0 Å². The van der Waals surface area contributed by atoms with E-state index in [1.165, 1.54) is 6.38 Å². The number of hydrogen-bond acceptors (Lipinski definition) is 2.